The molecule has 0 spiro atoms. The number of carboxylic acid groups (broad SMARTS) is 2. The highest BCUT2D eigenvalue weighted by molar-refractivity contribution is 5.66. The molecule has 0 fully saturated rings. The average Bonchev–Trinajstić information content (AvgIpc) is 2.41. The van der Waals surface area contributed by atoms with E-state index in [4.69, 9.17) is 19.7 Å². The van der Waals surface area contributed by atoms with E-state index >= 15 is 0 Å². The summed E-state index contributed by atoms with van der Waals surface area (Å²) in [5, 5.41) is 28.4. The Morgan fingerprint density at radius 1 is 0.952 bits per heavy atom. The van der Waals surface area contributed by atoms with E-state index in [0.29, 0.717) is 19.4 Å². The maximum Gasteiger partial charge on any atom is 0.303 e. The number of hydrogen-bond acceptors (Lipinski definition) is 4. The van der Waals surface area contributed by atoms with Gasteiger partial charge in [0, 0.05) is 19.4 Å². The minimum absolute atomic E-state index is 0.0627. The van der Waals surface area contributed by atoms with Crippen LogP contribution in [0, 0.1) is 0 Å². The molecule has 7 heteroatoms. The van der Waals surface area contributed by atoms with Gasteiger partial charge in [-0.1, -0.05) is 12.8 Å². The molecule has 0 aliphatic carbocycles. The quantitative estimate of drug-likeness (QED) is 0.375. The predicted octanol–water partition coefficient (Wildman–Crippen LogP) is 2.06. The molecule has 0 amide bonds. The molecule has 1 radical (unpaired) electrons. The summed E-state index contributed by atoms with van der Waals surface area (Å²) in [7, 11) is 0. The number of carboxylic acids is 2. The largest absolute Gasteiger partial charge is 0.481 e. The highest BCUT2D eigenvalue weighted by atomic mass is 16.6. The standard InChI is InChI=1S/C14H25O7/c1-2-20-11(6-4-3-5-7-12(15)16)10-21-14(19)9-8-13(17)18/h11,14H,2-10H2,1H3,(H,15,16)(H,17,18). The molecule has 0 aromatic carbocycles. The van der Waals surface area contributed by atoms with E-state index in [9.17, 15) is 14.7 Å². The number of carbonyl (C=O) groups is 2. The molecule has 123 valence electrons. The maximum absolute atomic E-state index is 11.4. The highest BCUT2D eigenvalue weighted by Gasteiger charge is 2.14. The lowest BCUT2D eigenvalue weighted by atomic mass is 10.1. The van der Waals surface area contributed by atoms with E-state index in [1.54, 1.807) is 0 Å². The molecule has 0 aliphatic heterocycles. The van der Waals surface area contributed by atoms with E-state index in [0.717, 1.165) is 12.8 Å². The van der Waals surface area contributed by atoms with E-state index in [-0.39, 0.29) is 32.0 Å². The van der Waals surface area contributed by atoms with Gasteiger partial charge in [-0.2, -0.15) is 0 Å². The summed E-state index contributed by atoms with van der Waals surface area (Å²) in [6, 6.07) is 0. The molecule has 0 aliphatic rings. The van der Waals surface area contributed by atoms with Crippen molar-refractivity contribution in [3.05, 3.63) is 0 Å². The Hall–Kier alpha value is -1.18. The van der Waals surface area contributed by atoms with E-state index in [2.05, 4.69) is 0 Å². The van der Waals surface area contributed by atoms with Crippen LogP contribution in [-0.4, -0.2) is 47.8 Å². The molecule has 0 aromatic rings. The zero-order valence-electron chi connectivity index (χ0n) is 12.5. The number of ether oxygens (including phenoxy) is 2. The van der Waals surface area contributed by atoms with Gasteiger partial charge in [-0.3, -0.25) is 9.59 Å². The van der Waals surface area contributed by atoms with Gasteiger partial charge in [-0.15, -0.1) is 0 Å². The van der Waals surface area contributed by atoms with Crippen LogP contribution in [0.2, 0.25) is 0 Å². The zero-order chi connectivity index (χ0) is 16.1. The van der Waals surface area contributed by atoms with Crippen molar-refractivity contribution in [1.82, 2.24) is 0 Å². The zero-order valence-corrected chi connectivity index (χ0v) is 12.5. The average molecular weight is 305 g/mol. The first kappa shape index (κ1) is 19.8. The lowest BCUT2D eigenvalue weighted by Crippen LogP contribution is -2.24. The summed E-state index contributed by atoms with van der Waals surface area (Å²) in [5.41, 5.74) is 0. The van der Waals surface area contributed by atoms with Crippen LogP contribution in [-0.2, 0) is 24.2 Å². The van der Waals surface area contributed by atoms with Crippen LogP contribution in [0.15, 0.2) is 0 Å². The minimum atomic E-state index is -1.35. The number of rotatable bonds is 14. The fourth-order valence-electron chi connectivity index (χ4n) is 1.81. The third-order valence-electron chi connectivity index (χ3n) is 2.88. The molecule has 0 saturated heterocycles. The first-order valence-corrected chi connectivity index (χ1v) is 7.28. The first-order chi connectivity index (χ1) is 9.95. The molecule has 0 aromatic heterocycles. The smallest absolute Gasteiger partial charge is 0.303 e. The van der Waals surface area contributed by atoms with Crippen molar-refractivity contribution in [1.29, 1.82) is 0 Å². The van der Waals surface area contributed by atoms with Gasteiger partial charge in [0.15, 0.2) is 6.29 Å². The van der Waals surface area contributed by atoms with E-state index in [1.165, 1.54) is 0 Å². The topological polar surface area (TPSA) is 113 Å². The van der Waals surface area contributed by atoms with Crippen molar-refractivity contribution in [2.24, 2.45) is 0 Å². The molecule has 2 N–H and O–H groups in total. The Bertz CT molecular complexity index is 293. The molecule has 7 nitrogen and oxygen atoms in total. The molecule has 0 saturated carbocycles. The highest BCUT2D eigenvalue weighted by Crippen LogP contribution is 2.11. The SMILES string of the molecule is CCOC(CCCCCC(=O)O)COC([O])CCC(=O)O. The van der Waals surface area contributed by atoms with Gasteiger partial charge >= 0.3 is 11.9 Å². The van der Waals surface area contributed by atoms with Crippen LogP contribution in [0.5, 0.6) is 0 Å². The summed E-state index contributed by atoms with van der Waals surface area (Å²) in [5.74, 6) is -1.81. The second-order valence-electron chi connectivity index (χ2n) is 4.77. The second kappa shape index (κ2) is 12.6. The van der Waals surface area contributed by atoms with Crippen molar-refractivity contribution < 1.29 is 34.4 Å². The Morgan fingerprint density at radius 2 is 1.62 bits per heavy atom. The maximum atomic E-state index is 11.4. The molecule has 21 heavy (non-hydrogen) atoms. The molecule has 0 heterocycles. The second-order valence-corrected chi connectivity index (χ2v) is 4.77. The van der Waals surface area contributed by atoms with Crippen LogP contribution < -0.4 is 0 Å². The summed E-state index contributed by atoms with van der Waals surface area (Å²) < 4.78 is 10.5. The minimum Gasteiger partial charge on any atom is -0.481 e. The van der Waals surface area contributed by atoms with Crippen LogP contribution in [0.1, 0.15) is 51.9 Å². The van der Waals surface area contributed by atoms with Crippen LogP contribution >= 0.6 is 0 Å². The van der Waals surface area contributed by atoms with Crippen LogP contribution in [0.25, 0.3) is 0 Å². The van der Waals surface area contributed by atoms with Gasteiger partial charge in [0.05, 0.1) is 19.1 Å². The summed E-state index contributed by atoms with van der Waals surface area (Å²) in [6.45, 7) is 2.49. The van der Waals surface area contributed by atoms with Crippen LogP contribution in [0.4, 0.5) is 0 Å². The third kappa shape index (κ3) is 13.6. The number of aliphatic carboxylic acids is 2. The third-order valence-corrected chi connectivity index (χ3v) is 2.88. The molecular weight excluding hydrogens is 280 g/mol. The van der Waals surface area contributed by atoms with Gasteiger partial charge < -0.3 is 19.7 Å². The van der Waals surface area contributed by atoms with Crippen LogP contribution in [0.3, 0.4) is 0 Å². The van der Waals surface area contributed by atoms with Crippen molar-refractivity contribution in [2.45, 2.75) is 64.3 Å². The molecular formula is C14H25O7. The number of hydrogen-bond donors (Lipinski definition) is 2. The molecule has 2 unspecified atom stereocenters. The lowest BCUT2D eigenvalue weighted by molar-refractivity contribution is -0.170. The van der Waals surface area contributed by atoms with Crippen molar-refractivity contribution in [3.63, 3.8) is 0 Å². The van der Waals surface area contributed by atoms with E-state index in [1.807, 2.05) is 6.92 Å². The fraction of sp³-hybridized carbons (Fsp3) is 0.857. The van der Waals surface area contributed by atoms with Gasteiger partial charge in [-0.25, -0.2) is 5.11 Å². The van der Waals surface area contributed by atoms with Gasteiger partial charge in [0.1, 0.15) is 0 Å². The van der Waals surface area contributed by atoms with E-state index < -0.39 is 18.2 Å². The van der Waals surface area contributed by atoms with Gasteiger partial charge in [0.2, 0.25) is 0 Å². The predicted molar refractivity (Wildman–Crippen MR) is 73.4 cm³/mol. The Morgan fingerprint density at radius 3 is 2.19 bits per heavy atom. The van der Waals surface area contributed by atoms with Crippen molar-refractivity contribution >= 4 is 11.9 Å². The Labute approximate surface area is 124 Å². The Balaban J connectivity index is 3.79. The Kier molecular flexibility index (Phi) is 11.8. The fourth-order valence-corrected chi connectivity index (χ4v) is 1.81. The first-order valence-electron chi connectivity index (χ1n) is 7.28. The van der Waals surface area contributed by atoms with Gasteiger partial charge in [-0.05, 0) is 19.8 Å². The molecule has 0 bridgehead atoms. The monoisotopic (exact) mass is 305 g/mol. The van der Waals surface area contributed by atoms with Crippen molar-refractivity contribution in [3.8, 4) is 0 Å². The molecule has 0 rings (SSSR count). The summed E-state index contributed by atoms with van der Waals surface area (Å²) in [4.78, 5) is 20.7. The summed E-state index contributed by atoms with van der Waals surface area (Å²) in [6.07, 6.45) is 1.24. The van der Waals surface area contributed by atoms with Crippen molar-refractivity contribution in [2.75, 3.05) is 13.2 Å². The number of unbranched alkanes of at least 4 members (excludes halogenated alkanes) is 2. The normalized spacial score (nSPS) is 13.8. The van der Waals surface area contributed by atoms with Gasteiger partial charge in [0.25, 0.3) is 0 Å². The lowest BCUT2D eigenvalue weighted by Gasteiger charge is -2.18. The summed E-state index contributed by atoms with van der Waals surface area (Å²) >= 11 is 0. The molecule has 2 atom stereocenters.